The van der Waals surface area contributed by atoms with Crippen molar-refractivity contribution in [1.29, 1.82) is 0 Å². The predicted molar refractivity (Wildman–Crippen MR) is 92.7 cm³/mol. The first-order chi connectivity index (χ1) is 11.6. The Balaban J connectivity index is 1.91. The van der Waals surface area contributed by atoms with Crippen molar-refractivity contribution >= 4 is 40.1 Å². The van der Waals surface area contributed by atoms with Gasteiger partial charge in [-0.15, -0.1) is 10.2 Å². The van der Waals surface area contributed by atoms with E-state index in [1.165, 1.54) is 30.2 Å². The van der Waals surface area contributed by atoms with Crippen molar-refractivity contribution in [3.63, 3.8) is 0 Å². The number of esters is 1. The van der Waals surface area contributed by atoms with E-state index in [4.69, 9.17) is 4.74 Å². The molecular formula is C15H15N3O4S2. The number of thioether (sulfide) groups is 1. The Labute approximate surface area is 147 Å². The maximum atomic E-state index is 12.2. The van der Waals surface area contributed by atoms with Crippen molar-refractivity contribution < 1.29 is 19.1 Å². The Morgan fingerprint density at radius 2 is 2.08 bits per heavy atom. The van der Waals surface area contributed by atoms with Crippen LogP contribution in [0.3, 0.4) is 0 Å². The summed E-state index contributed by atoms with van der Waals surface area (Å²) in [5, 5.41) is 10.8. The van der Waals surface area contributed by atoms with E-state index in [-0.39, 0.29) is 17.6 Å². The zero-order valence-corrected chi connectivity index (χ0v) is 14.5. The molecule has 0 radical (unpaired) electrons. The summed E-state index contributed by atoms with van der Waals surface area (Å²) in [6.07, 6.45) is 1.64. The lowest BCUT2D eigenvalue weighted by Crippen LogP contribution is -2.11. The fraction of sp³-hybridized carbons (Fsp3) is 0.200. The molecule has 0 bridgehead atoms. The van der Waals surface area contributed by atoms with E-state index >= 15 is 0 Å². The molecule has 7 nitrogen and oxygen atoms in total. The van der Waals surface area contributed by atoms with Crippen molar-refractivity contribution in [1.82, 2.24) is 10.2 Å². The van der Waals surface area contributed by atoms with Gasteiger partial charge in [0.25, 0.3) is 5.91 Å². The Bertz CT molecular complexity index is 716. The Morgan fingerprint density at radius 3 is 2.75 bits per heavy atom. The third kappa shape index (κ3) is 5.36. The zero-order valence-electron chi connectivity index (χ0n) is 12.9. The second-order valence-corrected chi connectivity index (χ2v) is 6.52. The monoisotopic (exact) mass is 365 g/mol. The predicted octanol–water partition coefficient (Wildman–Crippen LogP) is 2.62. The highest BCUT2D eigenvalue weighted by molar-refractivity contribution is 8.01. The van der Waals surface area contributed by atoms with Gasteiger partial charge in [-0.1, -0.05) is 35.8 Å². The average Bonchev–Trinajstić information content (AvgIpc) is 3.05. The molecule has 0 fully saturated rings. The van der Waals surface area contributed by atoms with Crippen molar-refractivity contribution in [3.8, 4) is 5.75 Å². The summed E-state index contributed by atoms with van der Waals surface area (Å²) in [6.45, 7) is 3.97. The molecule has 2 aromatic rings. The molecule has 24 heavy (non-hydrogen) atoms. The Morgan fingerprint density at radius 1 is 1.33 bits per heavy atom. The van der Waals surface area contributed by atoms with Crippen molar-refractivity contribution in [2.75, 3.05) is 24.8 Å². The standard InChI is InChI=1S/C15H15N3O4S2/c1-3-8-22-11-6-4-10(5-7-11)13(20)16-14-17-18-15(24-14)23-9-12(19)21-2/h3-7H,1,8-9H2,2H3,(H,16,17,20). The summed E-state index contributed by atoms with van der Waals surface area (Å²) in [4.78, 5) is 23.2. The highest BCUT2D eigenvalue weighted by Gasteiger charge is 2.12. The molecule has 0 unspecified atom stereocenters. The van der Waals surface area contributed by atoms with E-state index in [9.17, 15) is 9.59 Å². The van der Waals surface area contributed by atoms with Gasteiger partial charge in [0.15, 0.2) is 4.34 Å². The second-order valence-electron chi connectivity index (χ2n) is 4.32. The minimum absolute atomic E-state index is 0.144. The number of ether oxygens (including phenoxy) is 2. The number of rotatable bonds is 8. The Kier molecular flexibility index (Phi) is 6.76. The zero-order chi connectivity index (χ0) is 17.4. The summed E-state index contributed by atoms with van der Waals surface area (Å²) in [7, 11) is 1.32. The summed E-state index contributed by atoms with van der Waals surface area (Å²) in [5.74, 6) is 0.153. The van der Waals surface area contributed by atoms with Crippen LogP contribution in [0, 0.1) is 0 Å². The van der Waals surface area contributed by atoms with E-state index in [0.29, 0.717) is 27.4 Å². The molecule has 1 aromatic carbocycles. The molecule has 0 aliphatic rings. The number of carbonyl (C=O) groups excluding carboxylic acids is 2. The molecule has 1 amide bonds. The molecule has 1 N–H and O–H groups in total. The van der Waals surface area contributed by atoms with Gasteiger partial charge in [-0.3, -0.25) is 14.9 Å². The maximum Gasteiger partial charge on any atom is 0.316 e. The van der Waals surface area contributed by atoms with Gasteiger partial charge in [0, 0.05) is 5.56 Å². The fourth-order valence-corrected chi connectivity index (χ4v) is 3.10. The smallest absolute Gasteiger partial charge is 0.316 e. The van der Waals surface area contributed by atoms with E-state index in [0.717, 1.165) is 0 Å². The van der Waals surface area contributed by atoms with E-state index in [1.54, 1.807) is 30.3 Å². The number of aromatic nitrogens is 2. The summed E-state index contributed by atoms with van der Waals surface area (Å²) >= 11 is 2.39. The number of nitrogens with zero attached hydrogens (tertiary/aromatic N) is 2. The lowest BCUT2D eigenvalue weighted by molar-refractivity contribution is -0.137. The van der Waals surface area contributed by atoms with Gasteiger partial charge < -0.3 is 9.47 Å². The van der Waals surface area contributed by atoms with Gasteiger partial charge in [-0.25, -0.2) is 0 Å². The lowest BCUT2D eigenvalue weighted by atomic mass is 10.2. The minimum Gasteiger partial charge on any atom is -0.490 e. The summed E-state index contributed by atoms with van der Waals surface area (Å²) in [5.41, 5.74) is 0.472. The van der Waals surface area contributed by atoms with E-state index < -0.39 is 0 Å². The molecule has 0 atom stereocenters. The number of carbonyl (C=O) groups is 2. The van der Waals surface area contributed by atoms with Crippen LogP contribution in [-0.2, 0) is 9.53 Å². The van der Waals surface area contributed by atoms with Gasteiger partial charge >= 0.3 is 5.97 Å². The molecule has 0 spiro atoms. The van der Waals surface area contributed by atoms with E-state index in [2.05, 4.69) is 26.8 Å². The number of methoxy groups -OCH3 is 1. The molecule has 1 aromatic heterocycles. The van der Waals surface area contributed by atoms with Gasteiger partial charge in [0.1, 0.15) is 12.4 Å². The van der Waals surface area contributed by atoms with Crippen LogP contribution in [0.2, 0.25) is 0 Å². The van der Waals surface area contributed by atoms with Gasteiger partial charge in [-0.05, 0) is 24.3 Å². The fourth-order valence-electron chi connectivity index (χ4n) is 1.53. The van der Waals surface area contributed by atoms with Crippen molar-refractivity contribution in [2.45, 2.75) is 4.34 Å². The van der Waals surface area contributed by atoms with Crippen LogP contribution in [0.15, 0.2) is 41.3 Å². The number of amides is 1. The maximum absolute atomic E-state index is 12.2. The molecule has 2 rings (SSSR count). The van der Waals surface area contributed by atoms with Gasteiger partial charge in [0.05, 0.1) is 12.9 Å². The van der Waals surface area contributed by atoms with Crippen LogP contribution in [0.4, 0.5) is 5.13 Å². The molecule has 0 saturated carbocycles. The van der Waals surface area contributed by atoms with Crippen LogP contribution >= 0.6 is 23.1 Å². The van der Waals surface area contributed by atoms with Gasteiger partial charge in [0.2, 0.25) is 5.13 Å². The van der Waals surface area contributed by atoms with Crippen LogP contribution in [0.5, 0.6) is 5.75 Å². The number of hydrogen-bond acceptors (Lipinski definition) is 8. The Hall–Kier alpha value is -2.39. The van der Waals surface area contributed by atoms with Crippen LogP contribution in [0.1, 0.15) is 10.4 Å². The van der Waals surface area contributed by atoms with Crippen molar-refractivity contribution in [3.05, 3.63) is 42.5 Å². The van der Waals surface area contributed by atoms with E-state index in [1.807, 2.05) is 0 Å². The SMILES string of the molecule is C=CCOc1ccc(C(=O)Nc2nnc(SCC(=O)OC)s2)cc1. The van der Waals surface area contributed by atoms with Crippen LogP contribution in [-0.4, -0.2) is 41.5 Å². The van der Waals surface area contributed by atoms with Gasteiger partial charge in [-0.2, -0.15) is 0 Å². The summed E-state index contributed by atoms with van der Waals surface area (Å²) in [6, 6.07) is 6.72. The lowest BCUT2D eigenvalue weighted by Gasteiger charge is -2.04. The van der Waals surface area contributed by atoms with Crippen LogP contribution < -0.4 is 10.1 Å². The number of anilines is 1. The van der Waals surface area contributed by atoms with Crippen molar-refractivity contribution in [2.24, 2.45) is 0 Å². The number of nitrogens with one attached hydrogen (secondary N) is 1. The average molecular weight is 365 g/mol. The molecule has 0 saturated heterocycles. The third-order valence-electron chi connectivity index (χ3n) is 2.65. The molecule has 9 heteroatoms. The number of benzene rings is 1. The minimum atomic E-state index is -0.348. The topological polar surface area (TPSA) is 90.4 Å². The third-order valence-corrected chi connectivity index (χ3v) is 4.60. The highest BCUT2D eigenvalue weighted by Crippen LogP contribution is 2.25. The first kappa shape index (κ1) is 18.0. The highest BCUT2D eigenvalue weighted by atomic mass is 32.2. The largest absolute Gasteiger partial charge is 0.490 e. The first-order valence-corrected chi connectivity index (χ1v) is 8.61. The molecule has 0 aliphatic carbocycles. The molecule has 126 valence electrons. The number of hydrogen-bond donors (Lipinski definition) is 1. The molecular weight excluding hydrogens is 350 g/mol. The van der Waals surface area contributed by atoms with Crippen LogP contribution in [0.25, 0.3) is 0 Å². The quantitative estimate of drug-likeness (QED) is 0.333. The molecule has 1 heterocycles. The second kappa shape index (κ2) is 9.04. The normalized spacial score (nSPS) is 10.0. The molecule has 0 aliphatic heterocycles. The first-order valence-electron chi connectivity index (χ1n) is 6.80. The summed E-state index contributed by atoms with van der Waals surface area (Å²) < 4.78 is 10.5.